The minimum Gasteiger partial charge on any atom is -0.384 e. The second-order valence-electron chi connectivity index (χ2n) is 6.53. The first kappa shape index (κ1) is 15.4. The van der Waals surface area contributed by atoms with Crippen molar-refractivity contribution in [1.29, 1.82) is 0 Å². The second-order valence-corrected chi connectivity index (χ2v) is 6.53. The van der Waals surface area contributed by atoms with E-state index in [2.05, 4.69) is 29.1 Å². The Bertz CT molecular complexity index is 425. The fourth-order valence-electron chi connectivity index (χ4n) is 2.45. The molecule has 0 radical (unpaired) electrons. The van der Waals surface area contributed by atoms with Crippen LogP contribution in [0.25, 0.3) is 0 Å². The number of hydrogen-bond acceptors (Lipinski definition) is 5. The molecule has 20 heavy (non-hydrogen) atoms. The van der Waals surface area contributed by atoms with Crippen molar-refractivity contribution in [2.45, 2.75) is 45.9 Å². The molecule has 0 aromatic carbocycles. The largest absolute Gasteiger partial charge is 0.384 e. The van der Waals surface area contributed by atoms with E-state index in [1.54, 1.807) is 24.7 Å². The summed E-state index contributed by atoms with van der Waals surface area (Å²) in [5, 5.41) is 18.0. The summed E-state index contributed by atoms with van der Waals surface area (Å²) in [5.41, 5.74) is -0.359. The van der Waals surface area contributed by atoms with Gasteiger partial charge in [0.15, 0.2) is 0 Å². The fourth-order valence-corrected chi connectivity index (χ4v) is 2.45. The first-order valence-corrected chi connectivity index (χ1v) is 7.31. The highest BCUT2D eigenvalue weighted by Crippen LogP contribution is 2.16. The number of ether oxygens (including phenoxy) is 1. The average molecular weight is 282 g/mol. The van der Waals surface area contributed by atoms with Crippen molar-refractivity contribution in [3.8, 4) is 0 Å². The van der Waals surface area contributed by atoms with Crippen molar-refractivity contribution in [3.05, 3.63) is 11.9 Å². The topological polar surface area (TPSA) is 63.4 Å². The normalized spacial score (nSPS) is 21.6. The van der Waals surface area contributed by atoms with Crippen molar-refractivity contribution in [3.63, 3.8) is 0 Å². The molecule has 0 amide bonds. The van der Waals surface area contributed by atoms with Crippen LogP contribution in [0.1, 0.15) is 33.4 Å². The van der Waals surface area contributed by atoms with Gasteiger partial charge in [-0.3, -0.25) is 4.90 Å². The Morgan fingerprint density at radius 3 is 2.85 bits per heavy atom. The summed E-state index contributed by atoms with van der Waals surface area (Å²) in [4.78, 5) is 2.44. The Morgan fingerprint density at radius 2 is 2.25 bits per heavy atom. The Hall–Kier alpha value is -0.980. The zero-order chi connectivity index (χ0) is 14.8. The van der Waals surface area contributed by atoms with Gasteiger partial charge >= 0.3 is 0 Å². The van der Waals surface area contributed by atoms with Gasteiger partial charge in [0.25, 0.3) is 0 Å². The molecule has 1 unspecified atom stereocenters. The van der Waals surface area contributed by atoms with E-state index in [0.29, 0.717) is 18.2 Å². The van der Waals surface area contributed by atoms with E-state index in [1.165, 1.54) is 0 Å². The summed E-state index contributed by atoms with van der Waals surface area (Å²) in [6.07, 6.45) is 1.93. The number of aromatic nitrogens is 3. The summed E-state index contributed by atoms with van der Waals surface area (Å²) in [5.74, 6) is 0.668. The molecule has 0 spiro atoms. The molecule has 1 N–H and O–H groups in total. The molecule has 0 bridgehead atoms. The Kier molecular flexibility index (Phi) is 4.78. The predicted octanol–water partition coefficient (Wildman–Crippen LogP) is 0.862. The van der Waals surface area contributed by atoms with Crippen molar-refractivity contribution < 1.29 is 9.84 Å². The summed E-state index contributed by atoms with van der Waals surface area (Å²) in [6.45, 7) is 12.4. The lowest BCUT2D eigenvalue weighted by Gasteiger charge is -2.33. The van der Waals surface area contributed by atoms with Gasteiger partial charge in [-0.1, -0.05) is 19.1 Å². The van der Waals surface area contributed by atoms with E-state index < -0.39 is 5.60 Å². The molecule has 2 rings (SSSR count). The molecule has 2 heterocycles. The van der Waals surface area contributed by atoms with Crippen LogP contribution in [0.3, 0.4) is 0 Å². The standard InChI is InChI=1S/C14H26N4O2/c1-11(2)7-17-5-6-20-12(8-17)9-18-10-13(15-16-18)14(3,4)19/h10-12,19H,5-9H2,1-4H3. The van der Waals surface area contributed by atoms with E-state index in [4.69, 9.17) is 4.74 Å². The predicted molar refractivity (Wildman–Crippen MR) is 76.3 cm³/mol. The second kappa shape index (κ2) is 6.20. The van der Waals surface area contributed by atoms with Crippen molar-refractivity contribution in [1.82, 2.24) is 19.9 Å². The number of nitrogens with zero attached hydrogens (tertiary/aromatic N) is 4. The lowest BCUT2D eigenvalue weighted by molar-refractivity contribution is -0.0406. The minimum atomic E-state index is -0.949. The maximum atomic E-state index is 9.89. The highest BCUT2D eigenvalue weighted by molar-refractivity contribution is 5.02. The van der Waals surface area contributed by atoms with Gasteiger partial charge in [-0.2, -0.15) is 0 Å². The SMILES string of the molecule is CC(C)CN1CCOC(Cn2cc(C(C)(C)O)nn2)C1. The molecule has 1 aliphatic rings. The van der Waals surface area contributed by atoms with Crippen LogP contribution in [0.15, 0.2) is 6.20 Å². The highest BCUT2D eigenvalue weighted by Gasteiger charge is 2.24. The molecule has 1 saturated heterocycles. The van der Waals surface area contributed by atoms with Crippen LogP contribution in [0, 0.1) is 5.92 Å². The maximum absolute atomic E-state index is 9.89. The van der Waals surface area contributed by atoms with Gasteiger partial charge in [-0.05, 0) is 19.8 Å². The molecule has 6 nitrogen and oxygen atoms in total. The van der Waals surface area contributed by atoms with Gasteiger partial charge < -0.3 is 9.84 Å². The zero-order valence-corrected chi connectivity index (χ0v) is 12.9. The molecule has 6 heteroatoms. The smallest absolute Gasteiger partial charge is 0.114 e. The molecule has 1 atom stereocenters. The van der Waals surface area contributed by atoms with Crippen LogP contribution in [0.4, 0.5) is 0 Å². The number of morpholine rings is 1. The Morgan fingerprint density at radius 1 is 1.50 bits per heavy atom. The third-order valence-corrected chi connectivity index (χ3v) is 3.40. The zero-order valence-electron chi connectivity index (χ0n) is 12.9. The van der Waals surface area contributed by atoms with Crippen LogP contribution < -0.4 is 0 Å². The first-order valence-electron chi connectivity index (χ1n) is 7.31. The highest BCUT2D eigenvalue weighted by atomic mass is 16.5. The van der Waals surface area contributed by atoms with Crippen LogP contribution in [-0.2, 0) is 16.9 Å². The fraction of sp³-hybridized carbons (Fsp3) is 0.857. The van der Waals surface area contributed by atoms with Crippen LogP contribution in [0.2, 0.25) is 0 Å². The number of hydrogen-bond donors (Lipinski definition) is 1. The summed E-state index contributed by atoms with van der Waals surface area (Å²) >= 11 is 0. The van der Waals surface area contributed by atoms with Crippen LogP contribution in [0.5, 0.6) is 0 Å². The molecule has 1 fully saturated rings. The van der Waals surface area contributed by atoms with E-state index >= 15 is 0 Å². The van der Waals surface area contributed by atoms with Gasteiger partial charge in [0, 0.05) is 19.6 Å². The van der Waals surface area contributed by atoms with E-state index in [1.807, 2.05) is 0 Å². The van der Waals surface area contributed by atoms with Crippen molar-refractivity contribution >= 4 is 0 Å². The number of aliphatic hydroxyl groups is 1. The minimum absolute atomic E-state index is 0.138. The third kappa shape index (κ3) is 4.26. The van der Waals surface area contributed by atoms with Gasteiger partial charge in [-0.25, -0.2) is 4.68 Å². The summed E-state index contributed by atoms with van der Waals surface area (Å²) in [6, 6.07) is 0. The summed E-state index contributed by atoms with van der Waals surface area (Å²) in [7, 11) is 0. The lowest BCUT2D eigenvalue weighted by atomic mass is 10.1. The van der Waals surface area contributed by atoms with Crippen molar-refractivity contribution in [2.75, 3.05) is 26.2 Å². The van der Waals surface area contributed by atoms with E-state index in [-0.39, 0.29) is 6.10 Å². The molecule has 1 aromatic heterocycles. The monoisotopic (exact) mass is 282 g/mol. The lowest BCUT2D eigenvalue weighted by Crippen LogP contribution is -2.45. The van der Waals surface area contributed by atoms with E-state index in [9.17, 15) is 5.11 Å². The Balaban J connectivity index is 1.91. The van der Waals surface area contributed by atoms with Crippen LogP contribution >= 0.6 is 0 Å². The molecular formula is C14H26N4O2. The quantitative estimate of drug-likeness (QED) is 0.868. The molecule has 0 aliphatic carbocycles. The molecular weight excluding hydrogens is 256 g/mol. The van der Waals surface area contributed by atoms with Crippen LogP contribution in [-0.4, -0.2) is 57.3 Å². The van der Waals surface area contributed by atoms with Gasteiger partial charge in [0.05, 0.1) is 25.5 Å². The molecule has 1 aliphatic heterocycles. The van der Waals surface area contributed by atoms with Gasteiger partial charge in [-0.15, -0.1) is 5.10 Å². The maximum Gasteiger partial charge on any atom is 0.114 e. The third-order valence-electron chi connectivity index (χ3n) is 3.40. The Labute approximate surface area is 120 Å². The number of rotatable bonds is 5. The van der Waals surface area contributed by atoms with Crippen molar-refractivity contribution in [2.24, 2.45) is 5.92 Å². The molecule has 1 aromatic rings. The first-order chi connectivity index (χ1) is 9.34. The van der Waals surface area contributed by atoms with Gasteiger partial charge in [0.2, 0.25) is 0 Å². The molecule has 114 valence electrons. The summed E-state index contributed by atoms with van der Waals surface area (Å²) < 4.78 is 7.56. The van der Waals surface area contributed by atoms with Gasteiger partial charge in [0.1, 0.15) is 11.3 Å². The average Bonchev–Trinajstić information content (AvgIpc) is 2.76. The molecule has 0 saturated carbocycles. The van der Waals surface area contributed by atoms with E-state index in [0.717, 1.165) is 26.2 Å².